The average Bonchev–Trinajstić information content (AvgIpc) is 2.44. The van der Waals surface area contributed by atoms with E-state index in [4.69, 9.17) is 0 Å². The molecule has 0 aromatic carbocycles. The fourth-order valence-corrected chi connectivity index (χ4v) is 2.50. The lowest BCUT2D eigenvalue weighted by Gasteiger charge is -2.18. The highest BCUT2D eigenvalue weighted by atomic mass is 16.3. The van der Waals surface area contributed by atoms with Gasteiger partial charge in [0.1, 0.15) is 0 Å². The van der Waals surface area contributed by atoms with E-state index in [1.54, 1.807) is 0 Å². The number of rotatable bonds is 0. The van der Waals surface area contributed by atoms with Crippen molar-refractivity contribution in [1.29, 1.82) is 0 Å². The largest absolute Gasteiger partial charge is 0.392 e. The number of allylic oxidation sites excluding steroid dienone is 1. The summed E-state index contributed by atoms with van der Waals surface area (Å²) < 4.78 is 0. The van der Waals surface area contributed by atoms with Gasteiger partial charge in [0.25, 0.3) is 0 Å². The summed E-state index contributed by atoms with van der Waals surface area (Å²) in [5, 5.41) is 9.48. The predicted octanol–water partition coefficient (Wildman–Crippen LogP) is 1.72. The standard InChI is InChI=1S/C9H14O/c1-2-7-3-6-4-8(7)9(10)5-6/h2,6,8-10H,3-5H2,1H3/b7-2+/t6-,8-,9-/m0/s1. The minimum absolute atomic E-state index is 0.00931. The zero-order valence-corrected chi connectivity index (χ0v) is 6.38. The molecule has 0 amide bonds. The molecule has 0 aromatic heterocycles. The van der Waals surface area contributed by atoms with E-state index in [0.717, 1.165) is 12.3 Å². The number of aliphatic hydroxyl groups excluding tert-OH is 1. The van der Waals surface area contributed by atoms with E-state index >= 15 is 0 Å². The molecule has 2 rings (SSSR count). The number of fused-ring (bicyclic) bond motifs is 2. The smallest absolute Gasteiger partial charge is 0.0608 e. The quantitative estimate of drug-likeness (QED) is 0.505. The predicted molar refractivity (Wildman–Crippen MR) is 40.6 cm³/mol. The van der Waals surface area contributed by atoms with Crippen molar-refractivity contribution in [1.82, 2.24) is 0 Å². The first-order valence-electron chi connectivity index (χ1n) is 4.14. The molecule has 0 aliphatic heterocycles. The van der Waals surface area contributed by atoms with Crippen LogP contribution in [0.15, 0.2) is 11.6 Å². The molecule has 0 saturated heterocycles. The molecule has 1 heteroatoms. The molecule has 2 aliphatic carbocycles. The lowest BCUT2D eigenvalue weighted by Crippen LogP contribution is -2.17. The van der Waals surface area contributed by atoms with Crippen molar-refractivity contribution >= 4 is 0 Å². The third-order valence-electron chi connectivity index (χ3n) is 3.00. The highest BCUT2D eigenvalue weighted by Crippen LogP contribution is 2.47. The van der Waals surface area contributed by atoms with Gasteiger partial charge in [0, 0.05) is 5.92 Å². The van der Waals surface area contributed by atoms with Gasteiger partial charge in [-0.15, -0.1) is 0 Å². The summed E-state index contributed by atoms with van der Waals surface area (Å²) >= 11 is 0. The minimum Gasteiger partial charge on any atom is -0.392 e. The summed E-state index contributed by atoms with van der Waals surface area (Å²) in [7, 11) is 0. The maximum Gasteiger partial charge on any atom is 0.0608 e. The molecule has 2 saturated carbocycles. The van der Waals surface area contributed by atoms with Crippen LogP contribution < -0.4 is 0 Å². The van der Waals surface area contributed by atoms with Gasteiger partial charge in [0.15, 0.2) is 0 Å². The fourth-order valence-electron chi connectivity index (χ4n) is 2.50. The topological polar surface area (TPSA) is 20.2 Å². The maximum absolute atomic E-state index is 9.48. The zero-order valence-electron chi connectivity index (χ0n) is 6.38. The Kier molecular flexibility index (Phi) is 1.34. The van der Waals surface area contributed by atoms with Gasteiger partial charge in [-0.05, 0) is 32.1 Å². The third kappa shape index (κ3) is 0.734. The van der Waals surface area contributed by atoms with Gasteiger partial charge < -0.3 is 5.11 Å². The molecule has 1 nitrogen and oxygen atoms in total. The molecule has 2 bridgehead atoms. The van der Waals surface area contributed by atoms with E-state index in [1.165, 1.54) is 18.4 Å². The van der Waals surface area contributed by atoms with E-state index in [2.05, 4.69) is 13.0 Å². The molecule has 0 heterocycles. The second-order valence-corrected chi connectivity index (χ2v) is 3.58. The molecular weight excluding hydrogens is 124 g/mol. The summed E-state index contributed by atoms with van der Waals surface area (Å²) in [5.41, 5.74) is 1.50. The Balaban J connectivity index is 2.20. The van der Waals surface area contributed by atoms with Gasteiger partial charge in [0.05, 0.1) is 6.10 Å². The first-order valence-corrected chi connectivity index (χ1v) is 4.14. The second-order valence-electron chi connectivity index (χ2n) is 3.58. The summed E-state index contributed by atoms with van der Waals surface area (Å²) in [6, 6.07) is 0. The second kappa shape index (κ2) is 2.09. The molecule has 1 N–H and O–H groups in total. The van der Waals surface area contributed by atoms with Crippen LogP contribution in [0.25, 0.3) is 0 Å². The molecular formula is C9H14O. The summed E-state index contributed by atoms with van der Waals surface area (Å²) in [6.45, 7) is 2.09. The van der Waals surface area contributed by atoms with E-state index in [1.807, 2.05) is 0 Å². The van der Waals surface area contributed by atoms with Gasteiger partial charge in [-0.1, -0.05) is 11.6 Å². The Labute approximate surface area is 61.8 Å². The molecule has 2 aliphatic rings. The van der Waals surface area contributed by atoms with Crippen molar-refractivity contribution in [3.8, 4) is 0 Å². The first kappa shape index (κ1) is 6.41. The highest BCUT2D eigenvalue weighted by Gasteiger charge is 2.41. The SMILES string of the molecule is C/C=C1\C[C@@H]2C[C@H](O)[C@H]1C2. The van der Waals surface area contributed by atoms with Crippen LogP contribution in [0.1, 0.15) is 26.2 Å². The first-order chi connectivity index (χ1) is 4.81. The van der Waals surface area contributed by atoms with Crippen molar-refractivity contribution in [2.45, 2.75) is 32.3 Å². The van der Waals surface area contributed by atoms with E-state index < -0.39 is 0 Å². The van der Waals surface area contributed by atoms with Gasteiger partial charge in [0.2, 0.25) is 0 Å². The van der Waals surface area contributed by atoms with Crippen molar-refractivity contribution in [2.75, 3.05) is 0 Å². The van der Waals surface area contributed by atoms with Crippen LogP contribution in [0.5, 0.6) is 0 Å². The molecule has 2 fully saturated rings. The van der Waals surface area contributed by atoms with Crippen molar-refractivity contribution in [3.63, 3.8) is 0 Å². The normalized spacial score (nSPS) is 49.0. The Morgan fingerprint density at radius 1 is 1.50 bits per heavy atom. The Morgan fingerprint density at radius 2 is 2.30 bits per heavy atom. The van der Waals surface area contributed by atoms with Crippen LogP contribution in [-0.4, -0.2) is 11.2 Å². The van der Waals surface area contributed by atoms with Crippen LogP contribution in [0.4, 0.5) is 0 Å². The van der Waals surface area contributed by atoms with Gasteiger partial charge in [-0.25, -0.2) is 0 Å². The maximum atomic E-state index is 9.48. The van der Waals surface area contributed by atoms with Crippen molar-refractivity contribution in [3.05, 3.63) is 11.6 Å². The summed E-state index contributed by atoms with van der Waals surface area (Å²) in [6.07, 6.45) is 5.75. The minimum atomic E-state index is -0.00931. The number of hydrogen-bond donors (Lipinski definition) is 1. The Bertz CT molecular complexity index is 172. The summed E-state index contributed by atoms with van der Waals surface area (Å²) in [5.74, 6) is 1.35. The van der Waals surface area contributed by atoms with E-state index in [-0.39, 0.29) is 6.10 Å². The lowest BCUT2D eigenvalue weighted by atomic mass is 9.92. The molecule has 0 aromatic rings. The Hall–Kier alpha value is -0.300. The molecule has 0 spiro atoms. The van der Waals surface area contributed by atoms with Crippen molar-refractivity contribution in [2.24, 2.45) is 11.8 Å². The monoisotopic (exact) mass is 138 g/mol. The number of aliphatic hydroxyl groups is 1. The van der Waals surface area contributed by atoms with E-state index in [9.17, 15) is 5.11 Å². The Morgan fingerprint density at radius 3 is 2.70 bits per heavy atom. The van der Waals surface area contributed by atoms with Gasteiger partial charge in [-0.2, -0.15) is 0 Å². The van der Waals surface area contributed by atoms with Crippen LogP contribution in [-0.2, 0) is 0 Å². The van der Waals surface area contributed by atoms with Crippen LogP contribution in [0.3, 0.4) is 0 Å². The number of hydrogen-bond acceptors (Lipinski definition) is 1. The van der Waals surface area contributed by atoms with E-state index in [0.29, 0.717) is 5.92 Å². The van der Waals surface area contributed by atoms with Crippen LogP contribution in [0.2, 0.25) is 0 Å². The molecule has 10 heavy (non-hydrogen) atoms. The molecule has 3 atom stereocenters. The fraction of sp³-hybridized carbons (Fsp3) is 0.778. The lowest BCUT2D eigenvalue weighted by molar-refractivity contribution is 0.135. The molecule has 56 valence electrons. The average molecular weight is 138 g/mol. The van der Waals surface area contributed by atoms with Crippen LogP contribution >= 0.6 is 0 Å². The molecule has 0 radical (unpaired) electrons. The van der Waals surface area contributed by atoms with Gasteiger partial charge in [-0.3, -0.25) is 0 Å². The zero-order chi connectivity index (χ0) is 7.14. The third-order valence-corrected chi connectivity index (χ3v) is 3.00. The van der Waals surface area contributed by atoms with Crippen molar-refractivity contribution < 1.29 is 5.11 Å². The van der Waals surface area contributed by atoms with Gasteiger partial charge >= 0.3 is 0 Å². The van der Waals surface area contributed by atoms with Crippen LogP contribution in [0, 0.1) is 11.8 Å². The molecule has 0 unspecified atom stereocenters. The summed E-state index contributed by atoms with van der Waals surface area (Å²) in [4.78, 5) is 0. The highest BCUT2D eigenvalue weighted by molar-refractivity contribution is 5.18.